The average Bonchev–Trinajstić information content (AvgIpc) is 3.21. The maximum Gasteiger partial charge on any atom is 0.323 e. The lowest BCUT2D eigenvalue weighted by Crippen LogP contribution is -2.49. The summed E-state index contributed by atoms with van der Waals surface area (Å²) in [6.07, 6.45) is 5.69. The van der Waals surface area contributed by atoms with Crippen LogP contribution in [0.5, 0.6) is 11.5 Å². The monoisotopic (exact) mass is 418 g/mol. The van der Waals surface area contributed by atoms with Crippen LogP contribution in [0.2, 0.25) is 0 Å². The maximum absolute atomic E-state index is 12.9. The summed E-state index contributed by atoms with van der Waals surface area (Å²) < 4.78 is 5.57. The van der Waals surface area contributed by atoms with Crippen molar-refractivity contribution < 1.29 is 24.5 Å². The third kappa shape index (κ3) is 5.25. The summed E-state index contributed by atoms with van der Waals surface area (Å²) in [5.41, 5.74) is 0.860. The number of benzene rings is 1. The molecule has 0 bridgehead atoms. The van der Waals surface area contributed by atoms with Gasteiger partial charge in [-0.05, 0) is 63.0 Å². The van der Waals surface area contributed by atoms with Gasteiger partial charge in [-0.2, -0.15) is 0 Å². The largest absolute Gasteiger partial charge is 0.508 e. The van der Waals surface area contributed by atoms with Crippen LogP contribution in [0.4, 0.5) is 0 Å². The van der Waals surface area contributed by atoms with E-state index in [0.29, 0.717) is 18.7 Å². The second kappa shape index (κ2) is 9.69. The summed E-state index contributed by atoms with van der Waals surface area (Å²) in [6, 6.07) is 2.60. The van der Waals surface area contributed by atoms with Crippen molar-refractivity contribution in [3.63, 3.8) is 0 Å². The minimum atomic E-state index is -0.368. The fourth-order valence-corrected chi connectivity index (χ4v) is 4.34. The van der Waals surface area contributed by atoms with Crippen molar-refractivity contribution in [3.8, 4) is 11.5 Å². The molecule has 166 valence electrons. The van der Waals surface area contributed by atoms with E-state index in [1.165, 1.54) is 6.07 Å². The Labute approximate surface area is 178 Å². The number of nitrogens with zero attached hydrogens (tertiary/aromatic N) is 1. The Hall–Kier alpha value is -2.28. The zero-order valence-electron chi connectivity index (χ0n) is 18.2. The molecule has 1 saturated carbocycles. The Morgan fingerprint density at radius 2 is 1.67 bits per heavy atom. The number of phenols is 2. The average molecular weight is 419 g/mol. The molecule has 0 unspecified atom stereocenters. The Morgan fingerprint density at radius 1 is 1.03 bits per heavy atom. The third-order valence-corrected chi connectivity index (χ3v) is 6.20. The standard InChI is InChI=1S/C23H34N2O5/c1-14(2)18-12-19(21(27)13-20(18)26)22(28)25-10-8-16(9-11-25)24-15(3)23(29)30-17-6-4-5-7-17/h12-17,24,26-27H,4-11H2,1-3H3/t15-/m0/s1. The summed E-state index contributed by atoms with van der Waals surface area (Å²) >= 11 is 0. The summed E-state index contributed by atoms with van der Waals surface area (Å²) in [6.45, 7) is 6.76. The molecule has 1 aliphatic carbocycles. The van der Waals surface area contributed by atoms with E-state index < -0.39 is 0 Å². The number of amides is 1. The van der Waals surface area contributed by atoms with E-state index >= 15 is 0 Å². The highest BCUT2D eigenvalue weighted by molar-refractivity contribution is 5.97. The first-order valence-corrected chi connectivity index (χ1v) is 11.1. The van der Waals surface area contributed by atoms with Crippen molar-refractivity contribution in [1.29, 1.82) is 0 Å². The van der Waals surface area contributed by atoms with E-state index in [9.17, 15) is 19.8 Å². The molecule has 0 spiro atoms. The second-order valence-electron chi connectivity index (χ2n) is 8.88. The highest BCUT2D eigenvalue weighted by atomic mass is 16.5. The number of aromatic hydroxyl groups is 2. The molecule has 0 radical (unpaired) electrons. The molecule has 30 heavy (non-hydrogen) atoms. The van der Waals surface area contributed by atoms with Crippen LogP contribution >= 0.6 is 0 Å². The molecule has 7 heteroatoms. The van der Waals surface area contributed by atoms with E-state index in [4.69, 9.17) is 4.74 Å². The van der Waals surface area contributed by atoms with Crippen molar-refractivity contribution in [2.45, 2.75) is 83.4 Å². The number of hydrogen-bond acceptors (Lipinski definition) is 6. The topological polar surface area (TPSA) is 99.1 Å². The van der Waals surface area contributed by atoms with Gasteiger partial charge in [-0.1, -0.05) is 13.8 Å². The van der Waals surface area contributed by atoms with Gasteiger partial charge in [0.1, 0.15) is 23.6 Å². The van der Waals surface area contributed by atoms with Crippen molar-refractivity contribution in [2.24, 2.45) is 0 Å². The summed E-state index contributed by atoms with van der Waals surface area (Å²) in [5, 5.41) is 23.5. The Morgan fingerprint density at radius 3 is 2.27 bits per heavy atom. The van der Waals surface area contributed by atoms with Crippen molar-refractivity contribution in [1.82, 2.24) is 10.2 Å². The number of esters is 1. The molecule has 2 aliphatic rings. The first-order chi connectivity index (χ1) is 14.3. The van der Waals surface area contributed by atoms with E-state index in [1.807, 2.05) is 20.8 Å². The lowest BCUT2D eigenvalue weighted by atomic mass is 9.97. The minimum Gasteiger partial charge on any atom is -0.508 e. The van der Waals surface area contributed by atoms with Crippen LogP contribution in [0, 0.1) is 0 Å². The van der Waals surface area contributed by atoms with Crippen LogP contribution in [-0.4, -0.2) is 58.3 Å². The number of piperidine rings is 1. The van der Waals surface area contributed by atoms with Crippen molar-refractivity contribution in [3.05, 3.63) is 23.3 Å². The number of hydrogen-bond donors (Lipinski definition) is 3. The fourth-order valence-electron chi connectivity index (χ4n) is 4.34. The van der Waals surface area contributed by atoms with Crippen molar-refractivity contribution in [2.75, 3.05) is 13.1 Å². The molecule has 3 N–H and O–H groups in total. The smallest absolute Gasteiger partial charge is 0.323 e. The zero-order chi connectivity index (χ0) is 21.8. The van der Waals surface area contributed by atoms with Gasteiger partial charge in [-0.25, -0.2) is 0 Å². The molecule has 1 atom stereocenters. The summed E-state index contributed by atoms with van der Waals surface area (Å²) in [5.74, 6) is -0.597. The number of rotatable bonds is 6. The highest BCUT2D eigenvalue weighted by Crippen LogP contribution is 2.33. The summed E-state index contributed by atoms with van der Waals surface area (Å²) in [7, 11) is 0. The predicted octanol–water partition coefficient (Wildman–Crippen LogP) is 3.29. The fraction of sp³-hybridized carbons (Fsp3) is 0.652. The molecule has 3 rings (SSSR count). The van der Waals surface area contributed by atoms with Gasteiger partial charge in [0.05, 0.1) is 5.56 Å². The first kappa shape index (κ1) is 22.4. The first-order valence-electron chi connectivity index (χ1n) is 11.1. The van der Waals surface area contributed by atoms with Gasteiger partial charge < -0.3 is 25.2 Å². The van der Waals surface area contributed by atoms with Gasteiger partial charge >= 0.3 is 5.97 Å². The number of carbonyl (C=O) groups is 2. The van der Waals surface area contributed by atoms with Gasteiger partial charge in [0, 0.05) is 25.2 Å². The van der Waals surface area contributed by atoms with E-state index in [-0.39, 0.29) is 53.0 Å². The lowest BCUT2D eigenvalue weighted by molar-refractivity contribution is -0.151. The number of carbonyl (C=O) groups excluding carboxylic acids is 2. The second-order valence-corrected chi connectivity index (χ2v) is 8.88. The van der Waals surface area contributed by atoms with Crippen LogP contribution in [0.3, 0.4) is 0 Å². The highest BCUT2D eigenvalue weighted by Gasteiger charge is 2.29. The molecule has 7 nitrogen and oxygen atoms in total. The molecule has 2 fully saturated rings. The van der Waals surface area contributed by atoms with Crippen LogP contribution in [0.25, 0.3) is 0 Å². The quantitative estimate of drug-likeness (QED) is 0.613. The SMILES string of the molecule is CC(C)c1cc(C(=O)N2CCC(N[C@@H](C)C(=O)OC3CCCC3)CC2)c(O)cc1O. The lowest BCUT2D eigenvalue weighted by Gasteiger charge is -2.34. The van der Waals surface area contributed by atoms with Crippen LogP contribution in [0.15, 0.2) is 12.1 Å². The van der Waals surface area contributed by atoms with Gasteiger partial charge in [0.2, 0.25) is 0 Å². The van der Waals surface area contributed by atoms with Crippen LogP contribution in [0.1, 0.15) is 81.1 Å². The molecule has 1 aromatic carbocycles. The van der Waals surface area contributed by atoms with Gasteiger partial charge in [0.25, 0.3) is 5.91 Å². The number of nitrogens with one attached hydrogen (secondary N) is 1. The molecular weight excluding hydrogens is 384 g/mol. The maximum atomic E-state index is 12.9. The van der Waals surface area contributed by atoms with Crippen LogP contribution in [-0.2, 0) is 9.53 Å². The van der Waals surface area contributed by atoms with Crippen LogP contribution < -0.4 is 5.32 Å². The Bertz CT molecular complexity index is 765. The molecule has 0 aromatic heterocycles. The summed E-state index contributed by atoms with van der Waals surface area (Å²) in [4.78, 5) is 26.9. The van der Waals surface area contributed by atoms with E-state index in [1.54, 1.807) is 11.0 Å². The van der Waals surface area contributed by atoms with Crippen molar-refractivity contribution >= 4 is 11.9 Å². The normalized spacial score (nSPS) is 19.3. The Balaban J connectivity index is 1.53. The number of phenolic OH excluding ortho intramolecular Hbond substituents is 2. The van der Waals surface area contributed by atoms with Gasteiger partial charge in [-0.3, -0.25) is 9.59 Å². The van der Waals surface area contributed by atoms with E-state index in [0.717, 1.165) is 38.5 Å². The van der Waals surface area contributed by atoms with Gasteiger partial charge in [-0.15, -0.1) is 0 Å². The number of likely N-dealkylation sites (tertiary alicyclic amines) is 1. The molecule has 1 aromatic rings. The third-order valence-electron chi connectivity index (χ3n) is 6.20. The molecule has 1 heterocycles. The zero-order valence-corrected chi connectivity index (χ0v) is 18.2. The molecular formula is C23H34N2O5. The van der Waals surface area contributed by atoms with E-state index in [2.05, 4.69) is 5.32 Å². The van der Waals surface area contributed by atoms with Gasteiger partial charge in [0.15, 0.2) is 0 Å². The minimum absolute atomic E-state index is 0.000403. The molecule has 1 aliphatic heterocycles. The molecule has 1 amide bonds. The predicted molar refractivity (Wildman–Crippen MR) is 114 cm³/mol. The Kier molecular flexibility index (Phi) is 7.23. The molecule has 1 saturated heterocycles. The number of ether oxygens (including phenoxy) is 1.